The molecule has 3 rings (SSSR count). The normalized spacial score (nSPS) is 14.7. The number of ether oxygens (including phenoxy) is 2. The van der Waals surface area contributed by atoms with E-state index in [2.05, 4.69) is 0 Å². The molecular weight excluding hydrogens is 426 g/mol. The fourth-order valence-electron chi connectivity index (χ4n) is 2.77. The fourth-order valence-corrected chi connectivity index (χ4v) is 3.61. The predicted octanol–water partition coefficient (Wildman–Crippen LogP) is 3.09. The van der Waals surface area contributed by atoms with Gasteiger partial charge in [-0.3, -0.25) is 19.3 Å². The number of aliphatic carboxylic acids is 1. The van der Waals surface area contributed by atoms with E-state index < -0.39 is 29.6 Å². The third-order valence-corrected chi connectivity index (χ3v) is 5.13. The Kier molecular flexibility index (Phi) is 6.61. The smallest absolute Gasteiger partial charge is 0.335 e. The predicted molar refractivity (Wildman–Crippen MR) is 111 cm³/mol. The van der Waals surface area contributed by atoms with Crippen molar-refractivity contribution in [2.45, 2.75) is 6.61 Å². The van der Waals surface area contributed by atoms with Gasteiger partial charge in [-0.05, 0) is 53.2 Å². The summed E-state index contributed by atoms with van der Waals surface area (Å²) < 4.78 is 11.1. The number of hydrogen-bond acceptors (Lipinski definition) is 7. The number of nitrogens with zero attached hydrogens (tertiary/aromatic N) is 1. The molecule has 2 aromatic rings. The summed E-state index contributed by atoms with van der Waals surface area (Å²) in [4.78, 5) is 46.8. The number of carboxylic acid groups (broad SMARTS) is 2. The number of amides is 2. The van der Waals surface area contributed by atoms with E-state index in [-0.39, 0.29) is 17.1 Å². The SMILES string of the molecule is COc1cc(/C=C2/SC(=O)N(CC(=O)O)C2=O)ccc1OCc1cccc(C(=O)O)c1. The maximum absolute atomic E-state index is 12.3. The maximum Gasteiger partial charge on any atom is 0.335 e. The molecule has 1 fully saturated rings. The van der Waals surface area contributed by atoms with Crippen LogP contribution in [0.4, 0.5) is 4.79 Å². The topological polar surface area (TPSA) is 130 Å². The molecule has 0 aliphatic carbocycles. The minimum atomic E-state index is -1.28. The van der Waals surface area contributed by atoms with Crippen molar-refractivity contribution in [3.05, 3.63) is 64.1 Å². The van der Waals surface area contributed by atoms with Gasteiger partial charge in [0, 0.05) is 0 Å². The van der Waals surface area contributed by atoms with Gasteiger partial charge in [-0.2, -0.15) is 0 Å². The number of carboxylic acids is 2. The van der Waals surface area contributed by atoms with Crippen molar-refractivity contribution in [3.8, 4) is 11.5 Å². The number of carbonyl (C=O) groups is 4. The molecule has 2 amide bonds. The highest BCUT2D eigenvalue weighted by Gasteiger charge is 2.36. The van der Waals surface area contributed by atoms with E-state index in [4.69, 9.17) is 19.7 Å². The summed E-state index contributed by atoms with van der Waals surface area (Å²) >= 11 is 0.663. The summed E-state index contributed by atoms with van der Waals surface area (Å²) in [5.74, 6) is -2.21. The van der Waals surface area contributed by atoms with Crippen molar-refractivity contribution in [1.29, 1.82) is 0 Å². The van der Waals surface area contributed by atoms with Gasteiger partial charge in [0.1, 0.15) is 13.2 Å². The standard InChI is InChI=1S/C21H17NO8S/c1-29-16-8-12(9-17-19(25)22(10-18(23)24)21(28)31-17)5-6-15(16)30-11-13-3-2-4-14(7-13)20(26)27/h2-9H,10-11H2,1H3,(H,23,24)(H,26,27)/b17-9+. The second-order valence-electron chi connectivity index (χ2n) is 6.37. The summed E-state index contributed by atoms with van der Waals surface area (Å²) in [6.45, 7) is -0.577. The molecule has 2 aromatic carbocycles. The first-order valence-corrected chi connectivity index (χ1v) is 9.70. The van der Waals surface area contributed by atoms with Crippen LogP contribution >= 0.6 is 11.8 Å². The Bertz CT molecular complexity index is 1090. The van der Waals surface area contributed by atoms with E-state index in [1.54, 1.807) is 30.3 Å². The molecule has 1 heterocycles. The van der Waals surface area contributed by atoms with Gasteiger partial charge in [0.05, 0.1) is 17.6 Å². The van der Waals surface area contributed by atoms with Crippen molar-refractivity contribution < 1.29 is 38.9 Å². The number of rotatable bonds is 8. The molecule has 0 spiro atoms. The number of methoxy groups -OCH3 is 1. The Morgan fingerprint density at radius 1 is 1.10 bits per heavy atom. The van der Waals surface area contributed by atoms with Crippen molar-refractivity contribution in [3.63, 3.8) is 0 Å². The Morgan fingerprint density at radius 2 is 1.87 bits per heavy atom. The summed E-state index contributed by atoms with van der Waals surface area (Å²) in [7, 11) is 1.44. The molecule has 0 atom stereocenters. The highest BCUT2D eigenvalue weighted by Crippen LogP contribution is 2.34. The number of aromatic carboxylic acids is 1. The highest BCUT2D eigenvalue weighted by atomic mass is 32.2. The molecule has 1 aliphatic heterocycles. The van der Waals surface area contributed by atoms with Gasteiger partial charge in [-0.1, -0.05) is 18.2 Å². The zero-order valence-electron chi connectivity index (χ0n) is 16.2. The summed E-state index contributed by atoms with van der Waals surface area (Å²) in [5, 5.41) is 17.3. The summed E-state index contributed by atoms with van der Waals surface area (Å²) in [6, 6.07) is 11.2. The fraction of sp³-hybridized carbons (Fsp3) is 0.143. The first kappa shape index (κ1) is 21.9. The van der Waals surface area contributed by atoms with E-state index >= 15 is 0 Å². The quantitative estimate of drug-likeness (QED) is 0.591. The number of imide groups is 1. The number of thioether (sulfide) groups is 1. The average Bonchev–Trinajstić information content (AvgIpc) is 2.99. The Morgan fingerprint density at radius 3 is 2.55 bits per heavy atom. The molecule has 0 radical (unpaired) electrons. The lowest BCUT2D eigenvalue weighted by Crippen LogP contribution is -2.33. The molecule has 0 unspecified atom stereocenters. The lowest BCUT2D eigenvalue weighted by atomic mass is 10.1. The van der Waals surface area contributed by atoms with Gasteiger partial charge in [0.2, 0.25) is 0 Å². The van der Waals surface area contributed by atoms with Gasteiger partial charge in [-0.15, -0.1) is 0 Å². The molecular formula is C21H17NO8S. The van der Waals surface area contributed by atoms with E-state index in [0.717, 1.165) is 0 Å². The van der Waals surface area contributed by atoms with Gasteiger partial charge >= 0.3 is 11.9 Å². The van der Waals surface area contributed by atoms with Crippen LogP contribution in [0.3, 0.4) is 0 Å². The molecule has 2 N–H and O–H groups in total. The maximum atomic E-state index is 12.3. The van der Waals surface area contributed by atoms with Crippen LogP contribution < -0.4 is 9.47 Å². The van der Waals surface area contributed by atoms with Crippen LogP contribution in [0.25, 0.3) is 6.08 Å². The molecule has 160 valence electrons. The Hall–Kier alpha value is -3.79. The Labute approximate surface area is 180 Å². The van der Waals surface area contributed by atoms with E-state index in [9.17, 15) is 19.2 Å². The molecule has 0 bridgehead atoms. The zero-order chi connectivity index (χ0) is 22.5. The second-order valence-corrected chi connectivity index (χ2v) is 7.36. The number of benzene rings is 2. The largest absolute Gasteiger partial charge is 0.493 e. The molecule has 31 heavy (non-hydrogen) atoms. The molecule has 1 aliphatic rings. The first-order valence-electron chi connectivity index (χ1n) is 8.88. The first-order chi connectivity index (χ1) is 14.8. The van der Waals surface area contributed by atoms with E-state index in [1.807, 2.05) is 0 Å². The minimum absolute atomic E-state index is 0.104. The third-order valence-electron chi connectivity index (χ3n) is 4.22. The van der Waals surface area contributed by atoms with Gasteiger partial charge in [0.25, 0.3) is 11.1 Å². The summed E-state index contributed by atoms with van der Waals surface area (Å²) in [5.41, 5.74) is 1.37. The van der Waals surface area contributed by atoms with E-state index in [0.29, 0.717) is 39.3 Å². The van der Waals surface area contributed by atoms with Gasteiger partial charge in [0.15, 0.2) is 11.5 Å². The van der Waals surface area contributed by atoms with Crippen LogP contribution in [0.1, 0.15) is 21.5 Å². The van der Waals surface area contributed by atoms with Crippen LogP contribution in [0.15, 0.2) is 47.4 Å². The Balaban J connectivity index is 1.76. The van der Waals surface area contributed by atoms with Crippen molar-refractivity contribution in [1.82, 2.24) is 4.90 Å². The number of hydrogen-bond donors (Lipinski definition) is 2. The van der Waals surface area contributed by atoms with Crippen LogP contribution in [-0.2, 0) is 16.2 Å². The second kappa shape index (κ2) is 9.35. The highest BCUT2D eigenvalue weighted by molar-refractivity contribution is 8.18. The zero-order valence-corrected chi connectivity index (χ0v) is 17.0. The van der Waals surface area contributed by atoms with Crippen LogP contribution in [0, 0.1) is 0 Å². The summed E-state index contributed by atoms with van der Waals surface area (Å²) in [6.07, 6.45) is 1.47. The lowest BCUT2D eigenvalue weighted by molar-refractivity contribution is -0.140. The van der Waals surface area contributed by atoms with Crippen LogP contribution in [0.2, 0.25) is 0 Å². The number of carbonyl (C=O) groups excluding carboxylic acids is 2. The van der Waals surface area contributed by atoms with Gasteiger partial charge < -0.3 is 19.7 Å². The molecule has 1 saturated heterocycles. The minimum Gasteiger partial charge on any atom is -0.493 e. The molecule has 0 saturated carbocycles. The molecule has 0 aromatic heterocycles. The van der Waals surface area contributed by atoms with Crippen molar-refractivity contribution in [2.75, 3.05) is 13.7 Å². The monoisotopic (exact) mass is 443 g/mol. The third kappa shape index (κ3) is 5.23. The van der Waals surface area contributed by atoms with Crippen LogP contribution in [0.5, 0.6) is 11.5 Å². The average molecular weight is 443 g/mol. The van der Waals surface area contributed by atoms with Crippen LogP contribution in [-0.4, -0.2) is 51.9 Å². The molecule has 9 nitrogen and oxygen atoms in total. The van der Waals surface area contributed by atoms with Crippen molar-refractivity contribution >= 4 is 40.9 Å². The molecule has 10 heteroatoms. The lowest BCUT2D eigenvalue weighted by Gasteiger charge is -2.12. The van der Waals surface area contributed by atoms with E-state index in [1.165, 1.54) is 25.3 Å². The van der Waals surface area contributed by atoms with Crippen molar-refractivity contribution in [2.24, 2.45) is 0 Å². The van der Waals surface area contributed by atoms with Gasteiger partial charge in [-0.25, -0.2) is 4.79 Å².